The van der Waals surface area contributed by atoms with Crippen molar-refractivity contribution in [1.82, 2.24) is 4.57 Å². The quantitative estimate of drug-likeness (QED) is 0.195. The molecule has 9 aromatic rings. The summed E-state index contributed by atoms with van der Waals surface area (Å²) in [6.45, 7) is 0. The van der Waals surface area contributed by atoms with Crippen molar-refractivity contribution < 1.29 is 0 Å². The molecule has 0 spiro atoms. The van der Waals surface area contributed by atoms with Crippen molar-refractivity contribution in [3.8, 4) is 16.8 Å². The highest BCUT2D eigenvalue weighted by molar-refractivity contribution is 6.10. The third kappa shape index (κ3) is 4.19. The molecule has 0 amide bonds. The first-order valence-electron chi connectivity index (χ1n) is 15.8. The number of para-hydroxylation sites is 4. The molecule has 1 aromatic heterocycles. The fourth-order valence-corrected chi connectivity index (χ4v) is 7.13. The van der Waals surface area contributed by atoms with E-state index in [2.05, 4.69) is 191 Å². The molecule has 216 valence electrons. The summed E-state index contributed by atoms with van der Waals surface area (Å²) in [6, 6.07) is 65.7. The molecule has 8 aromatic carbocycles. The van der Waals surface area contributed by atoms with E-state index >= 15 is 0 Å². The van der Waals surface area contributed by atoms with E-state index in [1.54, 1.807) is 0 Å². The molecule has 0 aliphatic carbocycles. The Morgan fingerprint density at radius 2 is 0.891 bits per heavy atom. The van der Waals surface area contributed by atoms with Crippen LogP contribution in [-0.4, -0.2) is 4.57 Å². The molecule has 0 saturated heterocycles. The Balaban J connectivity index is 1.35. The molecule has 0 fully saturated rings. The van der Waals surface area contributed by atoms with Gasteiger partial charge in [0, 0.05) is 33.1 Å². The van der Waals surface area contributed by atoms with Crippen LogP contribution in [0.5, 0.6) is 0 Å². The summed E-state index contributed by atoms with van der Waals surface area (Å²) in [5, 5.41) is 7.40. The predicted molar refractivity (Wildman–Crippen MR) is 196 cm³/mol. The van der Waals surface area contributed by atoms with E-state index in [-0.39, 0.29) is 0 Å². The largest absolute Gasteiger partial charge is 0.309 e. The van der Waals surface area contributed by atoms with Crippen molar-refractivity contribution in [2.24, 2.45) is 0 Å². The number of hydrogen-bond acceptors (Lipinski definition) is 1. The van der Waals surface area contributed by atoms with Gasteiger partial charge in [-0.3, -0.25) is 0 Å². The molecular weight excluding hydrogens is 556 g/mol. The molecule has 0 bridgehead atoms. The Morgan fingerprint density at radius 1 is 0.348 bits per heavy atom. The zero-order chi connectivity index (χ0) is 30.5. The van der Waals surface area contributed by atoms with Gasteiger partial charge in [0.15, 0.2) is 0 Å². The zero-order valence-electron chi connectivity index (χ0n) is 25.2. The van der Waals surface area contributed by atoms with Crippen LogP contribution in [0, 0.1) is 0 Å². The minimum atomic E-state index is 1.12. The fourth-order valence-electron chi connectivity index (χ4n) is 7.13. The Bertz CT molecular complexity index is 2480. The minimum Gasteiger partial charge on any atom is -0.309 e. The predicted octanol–water partition coefficient (Wildman–Crippen LogP) is 12.2. The van der Waals surface area contributed by atoms with Crippen LogP contribution in [0.3, 0.4) is 0 Å². The highest BCUT2D eigenvalue weighted by Crippen LogP contribution is 2.45. The molecule has 0 aliphatic rings. The van der Waals surface area contributed by atoms with Gasteiger partial charge in [0.05, 0.1) is 22.4 Å². The Labute approximate surface area is 268 Å². The molecule has 46 heavy (non-hydrogen) atoms. The molecule has 2 heteroatoms. The van der Waals surface area contributed by atoms with E-state index < -0.39 is 0 Å². The van der Waals surface area contributed by atoms with Gasteiger partial charge in [0.25, 0.3) is 0 Å². The lowest BCUT2D eigenvalue weighted by molar-refractivity contribution is 1.19. The van der Waals surface area contributed by atoms with Gasteiger partial charge in [0.2, 0.25) is 0 Å². The van der Waals surface area contributed by atoms with E-state index in [0.717, 1.165) is 22.7 Å². The van der Waals surface area contributed by atoms with E-state index in [9.17, 15) is 0 Å². The first kappa shape index (κ1) is 26.3. The molecule has 9 rings (SSSR count). The van der Waals surface area contributed by atoms with Gasteiger partial charge in [-0.25, -0.2) is 0 Å². The summed E-state index contributed by atoms with van der Waals surface area (Å²) in [4.78, 5) is 2.42. The lowest BCUT2D eigenvalue weighted by Gasteiger charge is -2.29. The summed E-state index contributed by atoms with van der Waals surface area (Å²) in [7, 11) is 0. The third-order valence-corrected chi connectivity index (χ3v) is 9.14. The summed E-state index contributed by atoms with van der Waals surface area (Å²) in [5.74, 6) is 0. The topological polar surface area (TPSA) is 8.17 Å². The summed E-state index contributed by atoms with van der Waals surface area (Å²) in [5.41, 5.74) is 9.35. The van der Waals surface area contributed by atoms with Crippen LogP contribution in [0.2, 0.25) is 0 Å². The molecule has 0 saturated carbocycles. The van der Waals surface area contributed by atoms with E-state index in [1.807, 2.05) is 0 Å². The molecule has 1 heterocycles. The van der Waals surface area contributed by atoms with Crippen molar-refractivity contribution in [3.05, 3.63) is 182 Å². The second-order valence-electron chi connectivity index (χ2n) is 11.8. The van der Waals surface area contributed by atoms with Gasteiger partial charge >= 0.3 is 0 Å². The maximum atomic E-state index is 2.42. The average Bonchev–Trinajstić information content (AvgIpc) is 3.47. The van der Waals surface area contributed by atoms with Crippen LogP contribution in [0.1, 0.15) is 0 Å². The molecule has 2 nitrogen and oxygen atoms in total. The first-order valence-corrected chi connectivity index (χ1v) is 15.8. The van der Waals surface area contributed by atoms with Crippen molar-refractivity contribution >= 4 is 60.4 Å². The number of fused-ring (bicyclic) bond motifs is 5. The standard InChI is InChI=1S/C44H30N2/c1-2-18-33(19-3-1)45(41-28-14-17-31-15-4-7-21-36(31)41)44-27-13-10-24-39(44)40-30-34(29-32-16-5-6-20-35(32)40)46-42-25-11-8-22-37(42)38-23-9-12-26-43(38)46/h1-30H. The molecule has 0 unspecified atom stereocenters. The monoisotopic (exact) mass is 586 g/mol. The minimum absolute atomic E-state index is 1.12. The number of hydrogen-bond donors (Lipinski definition) is 0. The smallest absolute Gasteiger partial charge is 0.0541 e. The normalized spacial score (nSPS) is 11.5. The maximum Gasteiger partial charge on any atom is 0.0541 e. The first-order chi connectivity index (χ1) is 22.8. The maximum absolute atomic E-state index is 2.42. The average molecular weight is 587 g/mol. The number of nitrogens with zero attached hydrogens (tertiary/aromatic N) is 2. The number of rotatable bonds is 5. The van der Waals surface area contributed by atoms with E-state index in [1.165, 1.54) is 54.5 Å². The summed E-state index contributed by atoms with van der Waals surface area (Å²) in [6.07, 6.45) is 0. The lowest BCUT2D eigenvalue weighted by atomic mass is 9.94. The van der Waals surface area contributed by atoms with Crippen LogP contribution in [-0.2, 0) is 0 Å². The van der Waals surface area contributed by atoms with Crippen LogP contribution in [0.15, 0.2) is 182 Å². The van der Waals surface area contributed by atoms with Gasteiger partial charge in [-0.1, -0.05) is 133 Å². The van der Waals surface area contributed by atoms with Gasteiger partial charge in [-0.2, -0.15) is 0 Å². The lowest BCUT2D eigenvalue weighted by Crippen LogP contribution is -2.11. The third-order valence-electron chi connectivity index (χ3n) is 9.14. The Hall–Kier alpha value is -6.12. The molecule has 0 aliphatic heterocycles. The molecule has 0 atom stereocenters. The molecular formula is C44H30N2. The van der Waals surface area contributed by atoms with Crippen LogP contribution < -0.4 is 4.90 Å². The van der Waals surface area contributed by atoms with E-state index in [4.69, 9.17) is 0 Å². The second kappa shape index (κ2) is 10.8. The van der Waals surface area contributed by atoms with Crippen LogP contribution in [0.25, 0.3) is 60.2 Å². The zero-order valence-corrected chi connectivity index (χ0v) is 25.2. The molecule has 0 radical (unpaired) electrons. The van der Waals surface area contributed by atoms with Crippen molar-refractivity contribution in [2.75, 3.05) is 4.90 Å². The Morgan fingerprint density at radius 3 is 1.65 bits per heavy atom. The van der Waals surface area contributed by atoms with Crippen LogP contribution >= 0.6 is 0 Å². The van der Waals surface area contributed by atoms with Gasteiger partial charge in [-0.05, 0) is 70.3 Å². The SMILES string of the molecule is c1ccc(N(c2ccccc2-c2cc(-n3c4ccccc4c4ccccc43)cc3ccccc23)c2cccc3ccccc23)cc1. The second-order valence-corrected chi connectivity index (χ2v) is 11.8. The number of benzene rings is 8. The van der Waals surface area contributed by atoms with Crippen molar-refractivity contribution in [2.45, 2.75) is 0 Å². The number of anilines is 3. The molecule has 0 N–H and O–H groups in total. The highest BCUT2D eigenvalue weighted by atomic mass is 15.1. The summed E-state index contributed by atoms with van der Waals surface area (Å²) < 4.78 is 2.42. The van der Waals surface area contributed by atoms with Gasteiger partial charge in [0.1, 0.15) is 0 Å². The van der Waals surface area contributed by atoms with Gasteiger partial charge in [-0.15, -0.1) is 0 Å². The van der Waals surface area contributed by atoms with Crippen molar-refractivity contribution in [3.63, 3.8) is 0 Å². The van der Waals surface area contributed by atoms with E-state index in [0.29, 0.717) is 0 Å². The number of aromatic nitrogens is 1. The fraction of sp³-hybridized carbons (Fsp3) is 0. The highest BCUT2D eigenvalue weighted by Gasteiger charge is 2.21. The van der Waals surface area contributed by atoms with Gasteiger partial charge < -0.3 is 9.47 Å². The van der Waals surface area contributed by atoms with Crippen LogP contribution in [0.4, 0.5) is 17.1 Å². The summed E-state index contributed by atoms with van der Waals surface area (Å²) >= 11 is 0. The Kier molecular flexibility index (Phi) is 6.17. The van der Waals surface area contributed by atoms with Crippen molar-refractivity contribution in [1.29, 1.82) is 0 Å².